The number of rotatable bonds is 4. The van der Waals surface area contributed by atoms with Crippen LogP contribution in [0.15, 0.2) is 46.7 Å². The quantitative estimate of drug-likeness (QED) is 0.523. The maximum absolute atomic E-state index is 11.3. The van der Waals surface area contributed by atoms with Gasteiger partial charge in [0.2, 0.25) is 0 Å². The Morgan fingerprint density at radius 2 is 2.19 bits per heavy atom. The number of halogens is 1. The number of carboxylic acids is 1. The van der Waals surface area contributed by atoms with Crippen molar-refractivity contribution in [1.29, 1.82) is 0 Å². The molecule has 2 rings (SSSR count). The van der Waals surface area contributed by atoms with Gasteiger partial charge in [0.25, 0.3) is 0 Å². The van der Waals surface area contributed by atoms with Gasteiger partial charge in [-0.3, -0.25) is 4.79 Å². The molecule has 1 aromatic carbocycles. The highest BCUT2D eigenvalue weighted by Crippen LogP contribution is 2.33. The standard InChI is InChI=1S/C13H12ClN3O4/c14-6-10(16-17-15)11-9(12(18)19)7-20-13(21-11)8-4-2-1-3-5-8/h1-6,9,11,13H,7H2,(H,18,19)/b10-6-/t9-,11-,13-/m1/s1. The highest BCUT2D eigenvalue weighted by Gasteiger charge is 2.39. The first-order valence-electron chi connectivity index (χ1n) is 6.07. The molecule has 1 aromatic rings. The molecule has 0 radical (unpaired) electrons. The van der Waals surface area contributed by atoms with E-state index in [0.29, 0.717) is 0 Å². The van der Waals surface area contributed by atoms with Gasteiger partial charge in [-0.15, -0.1) is 0 Å². The Labute approximate surface area is 125 Å². The summed E-state index contributed by atoms with van der Waals surface area (Å²) in [7, 11) is 0. The summed E-state index contributed by atoms with van der Waals surface area (Å²) in [5, 5.41) is 12.6. The van der Waals surface area contributed by atoms with E-state index >= 15 is 0 Å². The first kappa shape index (κ1) is 15.3. The van der Waals surface area contributed by atoms with E-state index in [1.54, 1.807) is 12.1 Å². The van der Waals surface area contributed by atoms with Crippen LogP contribution in [-0.2, 0) is 14.3 Å². The Balaban J connectivity index is 2.27. The van der Waals surface area contributed by atoms with Crippen LogP contribution in [0.25, 0.3) is 10.4 Å². The molecule has 7 nitrogen and oxygen atoms in total. The lowest BCUT2D eigenvalue weighted by atomic mass is 10.00. The van der Waals surface area contributed by atoms with Gasteiger partial charge in [-0.1, -0.05) is 47.0 Å². The number of benzene rings is 1. The average Bonchev–Trinajstić information content (AvgIpc) is 2.52. The van der Waals surface area contributed by atoms with E-state index in [0.717, 1.165) is 11.1 Å². The number of hydrogen-bond donors (Lipinski definition) is 1. The summed E-state index contributed by atoms with van der Waals surface area (Å²) in [6.07, 6.45) is -1.72. The highest BCUT2D eigenvalue weighted by atomic mass is 35.5. The minimum absolute atomic E-state index is 0.01000. The number of carboxylic acid groups (broad SMARTS) is 1. The van der Waals surface area contributed by atoms with Crippen LogP contribution in [0.3, 0.4) is 0 Å². The molecule has 0 amide bonds. The third kappa shape index (κ3) is 3.53. The van der Waals surface area contributed by atoms with Crippen molar-refractivity contribution in [3.8, 4) is 0 Å². The Kier molecular flexibility index (Phi) is 5.19. The summed E-state index contributed by atoms with van der Waals surface area (Å²) >= 11 is 5.60. The molecule has 1 heterocycles. The van der Waals surface area contributed by atoms with Gasteiger partial charge in [0.15, 0.2) is 6.29 Å². The monoisotopic (exact) mass is 309 g/mol. The fraction of sp³-hybridized carbons (Fsp3) is 0.308. The van der Waals surface area contributed by atoms with Crippen molar-refractivity contribution < 1.29 is 19.4 Å². The summed E-state index contributed by atoms with van der Waals surface area (Å²) < 4.78 is 11.1. The van der Waals surface area contributed by atoms with Gasteiger partial charge in [-0.2, -0.15) is 0 Å². The molecule has 1 aliphatic heterocycles. The van der Waals surface area contributed by atoms with E-state index in [1.807, 2.05) is 18.2 Å². The third-order valence-electron chi connectivity index (χ3n) is 3.02. The van der Waals surface area contributed by atoms with Crippen molar-refractivity contribution in [2.45, 2.75) is 12.4 Å². The van der Waals surface area contributed by atoms with Crippen LogP contribution in [-0.4, -0.2) is 23.8 Å². The van der Waals surface area contributed by atoms with Crippen LogP contribution in [0.1, 0.15) is 11.9 Å². The van der Waals surface area contributed by atoms with E-state index in [4.69, 9.17) is 26.6 Å². The van der Waals surface area contributed by atoms with E-state index in [1.165, 1.54) is 0 Å². The van der Waals surface area contributed by atoms with Gasteiger partial charge in [-0.05, 0) is 5.53 Å². The third-order valence-corrected chi connectivity index (χ3v) is 3.24. The zero-order chi connectivity index (χ0) is 15.2. The van der Waals surface area contributed by atoms with E-state index < -0.39 is 24.3 Å². The topological polar surface area (TPSA) is 105 Å². The number of carbonyl (C=O) groups is 1. The number of azide groups is 1. The molecule has 21 heavy (non-hydrogen) atoms. The lowest BCUT2D eigenvalue weighted by Gasteiger charge is -2.34. The van der Waals surface area contributed by atoms with Crippen molar-refractivity contribution in [3.05, 3.63) is 57.6 Å². The van der Waals surface area contributed by atoms with Crippen LogP contribution in [0, 0.1) is 5.92 Å². The SMILES string of the molecule is [N-]=[N+]=N/C(=C\Cl)[C@@H]1O[C@H](c2ccccc2)OC[C@H]1C(=O)O. The molecular weight excluding hydrogens is 298 g/mol. The van der Waals surface area contributed by atoms with E-state index in [9.17, 15) is 9.90 Å². The van der Waals surface area contributed by atoms with Crippen molar-refractivity contribution >= 4 is 17.6 Å². The van der Waals surface area contributed by atoms with Gasteiger partial charge < -0.3 is 14.6 Å². The molecule has 0 unspecified atom stereocenters. The predicted molar refractivity (Wildman–Crippen MR) is 74.2 cm³/mol. The predicted octanol–water partition coefficient (Wildman–Crippen LogP) is 3.19. The van der Waals surface area contributed by atoms with Crippen molar-refractivity contribution in [2.24, 2.45) is 11.0 Å². The smallest absolute Gasteiger partial charge is 0.311 e. The fourth-order valence-corrected chi connectivity index (χ4v) is 2.17. The summed E-state index contributed by atoms with van der Waals surface area (Å²) in [5.74, 6) is -2.11. The Bertz CT molecular complexity index is 586. The van der Waals surface area contributed by atoms with Gasteiger partial charge in [0, 0.05) is 16.0 Å². The summed E-state index contributed by atoms with van der Waals surface area (Å²) in [6.45, 7) is -0.0747. The molecule has 0 aromatic heterocycles. The van der Waals surface area contributed by atoms with E-state index in [2.05, 4.69) is 10.0 Å². The van der Waals surface area contributed by atoms with Gasteiger partial charge in [0.1, 0.15) is 12.0 Å². The Morgan fingerprint density at radius 3 is 2.76 bits per heavy atom. The lowest BCUT2D eigenvalue weighted by Crippen LogP contribution is -2.41. The van der Waals surface area contributed by atoms with Crippen LogP contribution < -0.4 is 0 Å². The Morgan fingerprint density at radius 1 is 1.48 bits per heavy atom. The second-order valence-corrected chi connectivity index (χ2v) is 4.52. The van der Waals surface area contributed by atoms with Crippen LogP contribution in [0.4, 0.5) is 0 Å². The molecule has 1 fully saturated rings. The van der Waals surface area contributed by atoms with Gasteiger partial charge in [0.05, 0.1) is 12.3 Å². The second kappa shape index (κ2) is 7.10. The van der Waals surface area contributed by atoms with Crippen molar-refractivity contribution in [1.82, 2.24) is 0 Å². The van der Waals surface area contributed by atoms with Gasteiger partial charge >= 0.3 is 5.97 Å². The van der Waals surface area contributed by atoms with Crippen LogP contribution in [0.5, 0.6) is 0 Å². The molecule has 8 heteroatoms. The number of aliphatic carboxylic acids is 1. The molecule has 0 saturated carbocycles. The number of hydrogen-bond acceptors (Lipinski definition) is 4. The molecule has 0 aliphatic carbocycles. The van der Waals surface area contributed by atoms with Crippen molar-refractivity contribution in [2.75, 3.05) is 6.61 Å². The molecule has 0 bridgehead atoms. The molecule has 110 valence electrons. The average molecular weight is 310 g/mol. The Hall–Kier alpha value is -2.05. The highest BCUT2D eigenvalue weighted by molar-refractivity contribution is 6.25. The lowest BCUT2D eigenvalue weighted by molar-refractivity contribution is -0.234. The molecular formula is C13H12ClN3O4. The maximum Gasteiger partial charge on any atom is 0.311 e. The fourth-order valence-electron chi connectivity index (χ4n) is 2.00. The molecule has 1 aliphatic rings. The summed E-state index contributed by atoms with van der Waals surface area (Å²) in [4.78, 5) is 13.9. The zero-order valence-corrected chi connectivity index (χ0v) is 11.6. The number of nitrogens with zero attached hydrogens (tertiary/aromatic N) is 3. The number of ether oxygens (including phenoxy) is 2. The molecule has 1 saturated heterocycles. The largest absolute Gasteiger partial charge is 0.481 e. The molecule has 0 spiro atoms. The minimum Gasteiger partial charge on any atom is -0.481 e. The van der Waals surface area contributed by atoms with Crippen LogP contribution >= 0.6 is 11.6 Å². The van der Waals surface area contributed by atoms with E-state index in [-0.39, 0.29) is 12.3 Å². The van der Waals surface area contributed by atoms with Crippen LogP contribution in [0.2, 0.25) is 0 Å². The summed E-state index contributed by atoms with van der Waals surface area (Å²) in [5.41, 5.74) is 10.3. The summed E-state index contributed by atoms with van der Waals surface area (Å²) in [6, 6.07) is 9.05. The molecule has 3 atom stereocenters. The second-order valence-electron chi connectivity index (χ2n) is 4.30. The van der Waals surface area contributed by atoms with Crippen molar-refractivity contribution in [3.63, 3.8) is 0 Å². The zero-order valence-electron chi connectivity index (χ0n) is 10.8. The first-order valence-corrected chi connectivity index (χ1v) is 6.51. The first-order chi connectivity index (χ1) is 10.2. The molecule has 1 N–H and O–H groups in total. The van der Waals surface area contributed by atoms with Gasteiger partial charge in [-0.25, -0.2) is 0 Å². The maximum atomic E-state index is 11.3. The minimum atomic E-state index is -1.12. The normalized spacial score (nSPS) is 26.0.